The summed E-state index contributed by atoms with van der Waals surface area (Å²) < 4.78 is 31.5. The lowest BCUT2D eigenvalue weighted by molar-refractivity contribution is -0.119. The average molecular weight is 462 g/mol. The van der Waals surface area contributed by atoms with Crippen molar-refractivity contribution >= 4 is 40.9 Å². The van der Waals surface area contributed by atoms with Crippen molar-refractivity contribution in [2.75, 3.05) is 17.2 Å². The molecule has 0 unspecified atom stereocenters. The van der Waals surface area contributed by atoms with Gasteiger partial charge < -0.3 is 15.4 Å². The Hall–Kier alpha value is -3.87. The highest BCUT2D eigenvalue weighted by molar-refractivity contribution is 7.99. The maximum atomic E-state index is 12.7. The van der Waals surface area contributed by atoms with Gasteiger partial charge in [-0.1, -0.05) is 36.0 Å². The minimum atomic E-state index is -2.65. The van der Waals surface area contributed by atoms with E-state index in [-0.39, 0.29) is 40.1 Å². The number of alkyl halides is 2. The quantitative estimate of drug-likeness (QED) is 0.367. The first-order chi connectivity index (χ1) is 15.4. The first-order valence-electron chi connectivity index (χ1n) is 9.03. The van der Waals surface area contributed by atoms with E-state index in [1.54, 1.807) is 24.3 Å². The molecule has 3 rings (SSSR count). The Balaban J connectivity index is 1.58. The fourth-order valence-electron chi connectivity index (χ4n) is 2.52. The van der Waals surface area contributed by atoms with Gasteiger partial charge >= 0.3 is 5.97 Å². The van der Waals surface area contributed by atoms with Gasteiger partial charge in [-0.05, 0) is 34.7 Å². The normalized spacial score (nSPS) is 10.6. The van der Waals surface area contributed by atoms with Crippen LogP contribution in [0.2, 0.25) is 0 Å². The number of para-hydroxylation sites is 2. The highest BCUT2D eigenvalue weighted by atomic mass is 32.2. The molecule has 10 nitrogen and oxygen atoms in total. The van der Waals surface area contributed by atoms with Gasteiger partial charge in [0, 0.05) is 4.90 Å². The van der Waals surface area contributed by atoms with E-state index in [2.05, 4.69) is 26.2 Å². The number of ether oxygens (including phenoxy) is 1. The second-order valence-electron chi connectivity index (χ2n) is 6.10. The van der Waals surface area contributed by atoms with E-state index in [1.807, 2.05) is 0 Å². The number of amides is 2. The van der Waals surface area contributed by atoms with E-state index in [9.17, 15) is 23.2 Å². The Bertz CT molecular complexity index is 1100. The van der Waals surface area contributed by atoms with Crippen LogP contribution in [0.4, 0.5) is 20.2 Å². The summed E-state index contributed by atoms with van der Waals surface area (Å²) in [6.07, 6.45) is 1.26. The van der Waals surface area contributed by atoms with Crippen LogP contribution in [0.15, 0.2) is 59.8 Å². The van der Waals surface area contributed by atoms with Crippen molar-refractivity contribution in [1.29, 1.82) is 0 Å². The molecule has 3 aromatic rings. The number of aromatic nitrogens is 4. The molecule has 0 bridgehead atoms. The zero-order chi connectivity index (χ0) is 22.9. The number of halogens is 2. The molecule has 0 aliphatic heterocycles. The Morgan fingerprint density at radius 1 is 1.00 bits per heavy atom. The Morgan fingerprint density at radius 3 is 2.41 bits per heavy atom. The van der Waals surface area contributed by atoms with Crippen molar-refractivity contribution in [3.05, 3.63) is 60.4 Å². The second kappa shape index (κ2) is 10.9. The number of carbonyl (C=O) groups is 3. The van der Waals surface area contributed by atoms with E-state index in [1.165, 1.54) is 35.3 Å². The molecule has 0 aliphatic rings. The first kappa shape index (κ1) is 22.8. The van der Waals surface area contributed by atoms with Crippen LogP contribution in [-0.2, 0) is 20.9 Å². The van der Waals surface area contributed by atoms with Crippen molar-refractivity contribution in [1.82, 2.24) is 20.2 Å². The Morgan fingerprint density at radius 2 is 1.69 bits per heavy atom. The van der Waals surface area contributed by atoms with Gasteiger partial charge in [0.25, 0.3) is 11.7 Å². The molecule has 0 saturated heterocycles. The molecule has 1 aromatic heterocycles. The van der Waals surface area contributed by atoms with Crippen LogP contribution in [0.5, 0.6) is 0 Å². The molecule has 32 heavy (non-hydrogen) atoms. The molecule has 0 radical (unpaired) electrons. The van der Waals surface area contributed by atoms with Crippen molar-refractivity contribution in [3.63, 3.8) is 0 Å². The second-order valence-corrected chi connectivity index (χ2v) is 7.13. The summed E-state index contributed by atoms with van der Waals surface area (Å²) in [5, 5.41) is 15.4. The van der Waals surface area contributed by atoms with Crippen molar-refractivity contribution in [2.45, 2.75) is 17.2 Å². The van der Waals surface area contributed by atoms with Crippen LogP contribution in [0, 0.1) is 0 Å². The first-order valence-corrected chi connectivity index (χ1v) is 9.91. The third kappa shape index (κ3) is 6.57. The standard InChI is InChI=1S/C19H16F2N6O4S/c20-19(21)32-15-8-4-3-7-14(15)24-17(29)10-31-18(30)12-5-1-2-6-13(12)23-16(28)9-27-11-22-25-26-27/h1-8,11,19H,9-10H2,(H,23,28)(H,24,29). The van der Waals surface area contributed by atoms with Gasteiger partial charge in [-0.3, -0.25) is 9.59 Å². The molecule has 0 aliphatic carbocycles. The minimum absolute atomic E-state index is 0.0269. The van der Waals surface area contributed by atoms with Gasteiger partial charge in [0.2, 0.25) is 5.91 Å². The summed E-state index contributed by atoms with van der Waals surface area (Å²) >= 11 is 0.287. The van der Waals surface area contributed by atoms with Gasteiger partial charge in [0.05, 0.1) is 16.9 Å². The summed E-state index contributed by atoms with van der Waals surface area (Å²) in [6, 6.07) is 12.1. The lowest BCUT2D eigenvalue weighted by Gasteiger charge is -2.12. The number of rotatable bonds is 9. The SMILES string of the molecule is O=C(COC(=O)c1ccccc1NC(=O)Cn1cnnn1)Nc1ccccc1SC(F)F. The van der Waals surface area contributed by atoms with Gasteiger partial charge in [-0.2, -0.15) is 8.78 Å². The van der Waals surface area contributed by atoms with Crippen LogP contribution >= 0.6 is 11.8 Å². The van der Waals surface area contributed by atoms with Crippen molar-refractivity contribution in [3.8, 4) is 0 Å². The molecule has 0 spiro atoms. The molecule has 0 saturated carbocycles. The zero-order valence-electron chi connectivity index (χ0n) is 16.3. The summed E-state index contributed by atoms with van der Waals surface area (Å²) in [5.41, 5.74) is 0.378. The number of carbonyl (C=O) groups excluding carboxylic acids is 3. The maximum absolute atomic E-state index is 12.7. The largest absolute Gasteiger partial charge is 0.452 e. The van der Waals surface area contributed by atoms with E-state index in [4.69, 9.17) is 4.74 Å². The molecule has 0 fully saturated rings. The lowest BCUT2D eigenvalue weighted by atomic mass is 10.2. The predicted molar refractivity (Wildman–Crippen MR) is 110 cm³/mol. The zero-order valence-corrected chi connectivity index (χ0v) is 17.1. The van der Waals surface area contributed by atoms with Gasteiger partial charge in [0.1, 0.15) is 12.9 Å². The van der Waals surface area contributed by atoms with Crippen LogP contribution in [0.1, 0.15) is 10.4 Å². The Kier molecular flexibility index (Phi) is 7.80. The smallest absolute Gasteiger partial charge is 0.340 e. The number of esters is 1. The van der Waals surface area contributed by atoms with E-state index in [0.717, 1.165) is 0 Å². The molecule has 2 aromatic carbocycles. The van der Waals surface area contributed by atoms with Crippen LogP contribution < -0.4 is 10.6 Å². The molecule has 13 heteroatoms. The molecule has 0 atom stereocenters. The highest BCUT2D eigenvalue weighted by Crippen LogP contribution is 2.31. The number of thioether (sulfide) groups is 1. The van der Waals surface area contributed by atoms with Crippen molar-refractivity contribution in [2.24, 2.45) is 0 Å². The number of hydrogen-bond acceptors (Lipinski definition) is 8. The topological polar surface area (TPSA) is 128 Å². The fraction of sp³-hybridized carbons (Fsp3) is 0.158. The summed E-state index contributed by atoms with van der Waals surface area (Å²) in [5.74, 6) is -4.70. The minimum Gasteiger partial charge on any atom is -0.452 e. The Labute approximate surface area is 184 Å². The fourth-order valence-corrected chi connectivity index (χ4v) is 3.12. The average Bonchev–Trinajstić information content (AvgIpc) is 3.26. The maximum Gasteiger partial charge on any atom is 0.340 e. The van der Waals surface area contributed by atoms with Crippen molar-refractivity contribution < 1.29 is 27.9 Å². The number of benzene rings is 2. The highest BCUT2D eigenvalue weighted by Gasteiger charge is 2.17. The number of anilines is 2. The summed E-state index contributed by atoms with van der Waals surface area (Å²) in [4.78, 5) is 36.9. The number of nitrogens with one attached hydrogen (secondary N) is 2. The van der Waals surface area contributed by atoms with E-state index in [0.29, 0.717) is 0 Å². The molecular formula is C19H16F2N6O4S. The number of nitrogens with zero attached hydrogens (tertiary/aromatic N) is 4. The predicted octanol–water partition coefficient (Wildman–Crippen LogP) is 2.42. The molecule has 1 heterocycles. The number of hydrogen-bond donors (Lipinski definition) is 2. The van der Waals surface area contributed by atoms with Crippen LogP contribution in [0.25, 0.3) is 0 Å². The molecule has 166 valence electrons. The van der Waals surface area contributed by atoms with E-state index < -0.39 is 30.1 Å². The van der Waals surface area contributed by atoms with Gasteiger partial charge in [0.15, 0.2) is 6.61 Å². The monoisotopic (exact) mass is 462 g/mol. The third-order valence-corrected chi connectivity index (χ3v) is 4.62. The third-order valence-electron chi connectivity index (χ3n) is 3.83. The van der Waals surface area contributed by atoms with E-state index >= 15 is 0 Å². The number of tetrazole rings is 1. The van der Waals surface area contributed by atoms with Gasteiger partial charge in [-0.15, -0.1) is 5.10 Å². The van der Waals surface area contributed by atoms with Crippen LogP contribution in [-0.4, -0.2) is 50.4 Å². The van der Waals surface area contributed by atoms with Crippen LogP contribution in [0.3, 0.4) is 0 Å². The van der Waals surface area contributed by atoms with Gasteiger partial charge in [-0.25, -0.2) is 9.48 Å². The lowest BCUT2D eigenvalue weighted by Crippen LogP contribution is -2.23. The molecular weight excluding hydrogens is 446 g/mol. The summed E-state index contributed by atoms with van der Waals surface area (Å²) in [7, 11) is 0. The summed E-state index contributed by atoms with van der Waals surface area (Å²) in [6.45, 7) is -0.825. The molecule has 2 N–H and O–H groups in total. The molecule has 2 amide bonds.